The van der Waals surface area contributed by atoms with Crippen molar-refractivity contribution in [1.82, 2.24) is 0 Å². The molecule has 0 saturated heterocycles. The summed E-state index contributed by atoms with van der Waals surface area (Å²) in [5, 5.41) is 0. The van der Waals surface area contributed by atoms with Gasteiger partial charge in [-0.3, -0.25) is 0 Å². The fourth-order valence-electron chi connectivity index (χ4n) is 1.84. The van der Waals surface area contributed by atoms with Crippen molar-refractivity contribution in [2.45, 2.75) is 13.0 Å². The number of benzene rings is 2. The summed E-state index contributed by atoms with van der Waals surface area (Å²) < 4.78 is 14.3. The number of halogens is 2. The van der Waals surface area contributed by atoms with E-state index in [0.29, 0.717) is 0 Å². The fraction of sp³-hybridized carbons (Fsp3) is 0.143. The van der Waals surface area contributed by atoms with Gasteiger partial charge in [0.2, 0.25) is 0 Å². The summed E-state index contributed by atoms with van der Waals surface area (Å²) in [6.07, 6.45) is 0. The molecule has 0 fully saturated rings. The molecule has 0 radical (unpaired) electrons. The Morgan fingerprint density at radius 1 is 1.12 bits per heavy atom. The Bertz CT molecular complexity index is 519. The first-order chi connectivity index (χ1) is 8.06. The molecule has 2 rings (SSSR count). The molecule has 0 heterocycles. The second-order valence-corrected chi connectivity index (χ2v) is 5.01. The third-order valence-corrected chi connectivity index (χ3v) is 3.12. The topological polar surface area (TPSA) is 26.0 Å². The predicted molar refractivity (Wildman–Crippen MR) is 71.3 cm³/mol. The Hall–Kier alpha value is -1.19. The van der Waals surface area contributed by atoms with Crippen molar-refractivity contribution in [1.29, 1.82) is 0 Å². The molecule has 1 unspecified atom stereocenters. The van der Waals surface area contributed by atoms with Crippen molar-refractivity contribution in [2.24, 2.45) is 5.73 Å². The van der Waals surface area contributed by atoms with Crippen LogP contribution in [0.3, 0.4) is 0 Å². The van der Waals surface area contributed by atoms with Gasteiger partial charge in [0.15, 0.2) is 0 Å². The van der Waals surface area contributed by atoms with E-state index in [9.17, 15) is 4.39 Å². The van der Waals surface area contributed by atoms with Gasteiger partial charge in [-0.15, -0.1) is 0 Å². The molecule has 1 atom stereocenters. The Balaban J connectivity index is 2.39. The van der Waals surface area contributed by atoms with Crippen LogP contribution in [0.15, 0.2) is 46.9 Å². The maximum atomic E-state index is 13.3. The molecule has 88 valence electrons. The average Bonchev–Trinajstić information content (AvgIpc) is 2.26. The highest BCUT2D eigenvalue weighted by atomic mass is 79.9. The van der Waals surface area contributed by atoms with Crippen LogP contribution in [0.5, 0.6) is 0 Å². The van der Waals surface area contributed by atoms with Gasteiger partial charge in [0.25, 0.3) is 0 Å². The van der Waals surface area contributed by atoms with Crippen molar-refractivity contribution in [3.05, 3.63) is 69.4 Å². The maximum Gasteiger partial charge on any atom is 0.123 e. The lowest BCUT2D eigenvalue weighted by atomic mass is 9.98. The van der Waals surface area contributed by atoms with Gasteiger partial charge >= 0.3 is 0 Å². The molecule has 0 aromatic heterocycles. The van der Waals surface area contributed by atoms with Crippen molar-refractivity contribution in [3.63, 3.8) is 0 Å². The third-order valence-electron chi connectivity index (χ3n) is 2.63. The summed E-state index contributed by atoms with van der Waals surface area (Å²) in [6.45, 7) is 1.86. The van der Waals surface area contributed by atoms with Crippen LogP contribution in [0.25, 0.3) is 0 Å². The number of hydrogen-bond acceptors (Lipinski definition) is 1. The van der Waals surface area contributed by atoms with Crippen molar-refractivity contribution in [2.75, 3.05) is 0 Å². The molecular formula is C14H13BrFN. The lowest BCUT2D eigenvalue weighted by Crippen LogP contribution is -2.12. The Morgan fingerprint density at radius 3 is 2.53 bits per heavy atom. The molecule has 2 aromatic rings. The van der Waals surface area contributed by atoms with Crippen molar-refractivity contribution >= 4 is 15.9 Å². The first kappa shape index (κ1) is 12.3. The molecule has 0 bridgehead atoms. The van der Waals surface area contributed by atoms with E-state index >= 15 is 0 Å². The molecule has 17 heavy (non-hydrogen) atoms. The van der Waals surface area contributed by atoms with Gasteiger partial charge in [-0.2, -0.15) is 0 Å². The van der Waals surface area contributed by atoms with Gasteiger partial charge < -0.3 is 5.73 Å². The lowest BCUT2D eigenvalue weighted by molar-refractivity contribution is 0.622. The second-order valence-electron chi connectivity index (χ2n) is 4.09. The van der Waals surface area contributed by atoms with Crippen molar-refractivity contribution < 1.29 is 4.39 Å². The van der Waals surface area contributed by atoms with E-state index in [0.717, 1.165) is 21.2 Å². The first-order valence-corrected chi connectivity index (χ1v) is 6.14. The molecule has 0 aliphatic heterocycles. The van der Waals surface area contributed by atoms with Gasteiger partial charge in [0.1, 0.15) is 5.82 Å². The highest BCUT2D eigenvalue weighted by Gasteiger charge is 2.10. The highest BCUT2D eigenvalue weighted by Crippen LogP contribution is 2.23. The van der Waals surface area contributed by atoms with Crippen LogP contribution < -0.4 is 5.73 Å². The smallest absolute Gasteiger partial charge is 0.123 e. The Morgan fingerprint density at radius 2 is 1.88 bits per heavy atom. The van der Waals surface area contributed by atoms with Gasteiger partial charge in [-0.05, 0) is 47.9 Å². The SMILES string of the molecule is Cc1cc(F)cc(C(N)c2cccc(Br)c2)c1. The first-order valence-electron chi connectivity index (χ1n) is 5.34. The van der Waals surface area contributed by atoms with Crippen molar-refractivity contribution in [3.8, 4) is 0 Å². The van der Waals surface area contributed by atoms with Gasteiger partial charge in [0, 0.05) is 4.47 Å². The van der Waals surface area contributed by atoms with E-state index in [1.807, 2.05) is 37.3 Å². The van der Waals surface area contributed by atoms with E-state index in [2.05, 4.69) is 15.9 Å². The molecule has 0 saturated carbocycles. The summed E-state index contributed by atoms with van der Waals surface area (Å²) >= 11 is 3.40. The molecule has 3 heteroatoms. The third kappa shape index (κ3) is 2.93. The van der Waals surface area contributed by atoms with Crippen LogP contribution >= 0.6 is 15.9 Å². The normalized spacial score (nSPS) is 12.5. The average molecular weight is 294 g/mol. The summed E-state index contributed by atoms with van der Waals surface area (Å²) in [6, 6.07) is 12.3. The zero-order valence-electron chi connectivity index (χ0n) is 9.45. The van der Waals surface area contributed by atoms with Gasteiger partial charge in [-0.1, -0.05) is 34.1 Å². The molecule has 1 nitrogen and oxygen atoms in total. The highest BCUT2D eigenvalue weighted by molar-refractivity contribution is 9.10. The summed E-state index contributed by atoms with van der Waals surface area (Å²) in [7, 11) is 0. The molecule has 0 aliphatic rings. The molecule has 0 spiro atoms. The Labute approximate surface area is 109 Å². The van der Waals surface area contributed by atoms with Crippen LogP contribution in [-0.2, 0) is 0 Å². The zero-order valence-corrected chi connectivity index (χ0v) is 11.0. The fourth-order valence-corrected chi connectivity index (χ4v) is 2.25. The largest absolute Gasteiger partial charge is 0.320 e. The number of rotatable bonds is 2. The van der Waals surface area contributed by atoms with Crippen LogP contribution in [0.4, 0.5) is 4.39 Å². The second kappa shape index (κ2) is 4.98. The standard InChI is InChI=1S/C14H13BrFN/c1-9-5-11(8-13(16)6-9)14(17)10-3-2-4-12(15)7-10/h2-8,14H,17H2,1H3. The van der Waals surface area contributed by atoms with E-state index in [1.165, 1.54) is 12.1 Å². The van der Waals surface area contributed by atoms with Gasteiger partial charge in [0.05, 0.1) is 6.04 Å². The monoisotopic (exact) mass is 293 g/mol. The summed E-state index contributed by atoms with van der Waals surface area (Å²) in [5.74, 6) is -0.245. The minimum atomic E-state index is -0.304. The number of hydrogen-bond donors (Lipinski definition) is 1. The maximum absolute atomic E-state index is 13.3. The summed E-state index contributed by atoms with van der Waals surface area (Å²) in [4.78, 5) is 0. The van der Waals surface area contributed by atoms with Gasteiger partial charge in [-0.25, -0.2) is 4.39 Å². The van der Waals surface area contributed by atoms with E-state index < -0.39 is 0 Å². The summed E-state index contributed by atoms with van der Waals surface area (Å²) in [5.41, 5.74) is 8.77. The molecular weight excluding hydrogens is 281 g/mol. The van der Waals surface area contributed by atoms with E-state index in [-0.39, 0.29) is 11.9 Å². The van der Waals surface area contributed by atoms with Crippen LogP contribution in [0.1, 0.15) is 22.7 Å². The number of aryl methyl sites for hydroxylation is 1. The Kier molecular flexibility index (Phi) is 3.60. The quantitative estimate of drug-likeness (QED) is 0.892. The number of nitrogens with two attached hydrogens (primary N) is 1. The molecule has 0 amide bonds. The predicted octanol–water partition coefficient (Wildman–Crippen LogP) is 3.94. The van der Waals surface area contributed by atoms with E-state index in [1.54, 1.807) is 0 Å². The lowest BCUT2D eigenvalue weighted by Gasteiger charge is -2.13. The van der Waals surface area contributed by atoms with Crippen LogP contribution in [-0.4, -0.2) is 0 Å². The zero-order chi connectivity index (χ0) is 12.4. The minimum Gasteiger partial charge on any atom is -0.320 e. The minimum absolute atomic E-state index is 0.245. The van der Waals surface area contributed by atoms with E-state index in [4.69, 9.17) is 5.73 Å². The van der Waals surface area contributed by atoms with Crippen LogP contribution in [0, 0.1) is 12.7 Å². The van der Waals surface area contributed by atoms with Crippen LogP contribution in [0.2, 0.25) is 0 Å². The molecule has 2 N–H and O–H groups in total. The molecule has 0 aliphatic carbocycles. The molecule has 2 aromatic carbocycles.